The number of amides is 1. The molecule has 122 valence electrons. The van der Waals surface area contributed by atoms with Crippen LogP contribution >= 0.6 is 11.8 Å². The summed E-state index contributed by atoms with van der Waals surface area (Å²) in [6, 6.07) is 16.0. The van der Waals surface area contributed by atoms with Crippen LogP contribution in [0.5, 0.6) is 0 Å². The number of imidazole rings is 1. The predicted octanol–water partition coefficient (Wildman–Crippen LogP) is 4.22. The molecule has 1 amide bonds. The molecule has 1 N–H and O–H groups in total. The van der Waals surface area contributed by atoms with Gasteiger partial charge in [-0.2, -0.15) is 0 Å². The molecular weight excluding hydrogens is 318 g/mol. The monoisotopic (exact) mass is 337 g/mol. The molecule has 0 saturated heterocycles. The minimum Gasteiger partial charge on any atom is -0.325 e. The van der Waals surface area contributed by atoms with Gasteiger partial charge in [-0.25, -0.2) is 4.98 Å². The van der Waals surface area contributed by atoms with Crippen molar-refractivity contribution in [3.8, 4) is 5.69 Å². The molecule has 1 aromatic heterocycles. The average molecular weight is 337 g/mol. The first-order valence-corrected chi connectivity index (χ1v) is 8.70. The summed E-state index contributed by atoms with van der Waals surface area (Å²) < 4.78 is 2.00. The summed E-state index contributed by atoms with van der Waals surface area (Å²) in [5, 5.41) is 3.72. The Labute approximate surface area is 145 Å². The number of hydrogen-bond donors (Lipinski definition) is 1. The SMILES string of the molecule is Cc1cccc(NC(=O)CSc2nccn2-c2cccc(C)c2)c1. The first-order valence-electron chi connectivity index (χ1n) is 7.71. The van der Waals surface area contributed by atoms with Crippen LogP contribution in [0.1, 0.15) is 11.1 Å². The Morgan fingerprint density at radius 1 is 1.12 bits per heavy atom. The molecule has 24 heavy (non-hydrogen) atoms. The van der Waals surface area contributed by atoms with Gasteiger partial charge in [0.15, 0.2) is 5.16 Å². The van der Waals surface area contributed by atoms with Crippen molar-refractivity contribution in [3.05, 3.63) is 72.1 Å². The lowest BCUT2D eigenvalue weighted by Gasteiger charge is -2.09. The second kappa shape index (κ2) is 7.36. The third-order valence-electron chi connectivity index (χ3n) is 3.52. The third-order valence-corrected chi connectivity index (χ3v) is 4.49. The number of nitrogens with zero attached hydrogens (tertiary/aromatic N) is 2. The maximum atomic E-state index is 12.2. The zero-order valence-corrected chi connectivity index (χ0v) is 14.5. The van der Waals surface area contributed by atoms with Crippen LogP contribution in [0.3, 0.4) is 0 Å². The van der Waals surface area contributed by atoms with E-state index in [1.165, 1.54) is 17.3 Å². The molecule has 5 heteroatoms. The molecule has 3 rings (SSSR count). The van der Waals surface area contributed by atoms with Crippen molar-refractivity contribution < 1.29 is 4.79 Å². The van der Waals surface area contributed by atoms with E-state index in [4.69, 9.17) is 0 Å². The van der Waals surface area contributed by atoms with Crippen molar-refractivity contribution in [1.29, 1.82) is 0 Å². The van der Waals surface area contributed by atoms with Crippen LogP contribution < -0.4 is 5.32 Å². The molecule has 2 aromatic carbocycles. The zero-order valence-electron chi connectivity index (χ0n) is 13.7. The lowest BCUT2D eigenvalue weighted by molar-refractivity contribution is -0.113. The molecule has 0 atom stereocenters. The van der Waals surface area contributed by atoms with Crippen molar-refractivity contribution in [3.63, 3.8) is 0 Å². The smallest absolute Gasteiger partial charge is 0.234 e. The summed E-state index contributed by atoms with van der Waals surface area (Å²) in [7, 11) is 0. The molecule has 0 aliphatic rings. The van der Waals surface area contributed by atoms with Crippen LogP contribution in [-0.2, 0) is 4.79 Å². The van der Waals surface area contributed by atoms with E-state index in [1.54, 1.807) is 6.20 Å². The Kier molecular flexibility index (Phi) is 5.01. The molecule has 1 heterocycles. The Morgan fingerprint density at radius 3 is 2.62 bits per heavy atom. The van der Waals surface area contributed by atoms with Crippen LogP contribution in [0, 0.1) is 13.8 Å². The van der Waals surface area contributed by atoms with E-state index in [9.17, 15) is 4.79 Å². The maximum Gasteiger partial charge on any atom is 0.234 e. The second-order valence-corrected chi connectivity index (χ2v) is 6.57. The fourth-order valence-corrected chi connectivity index (χ4v) is 3.19. The number of aryl methyl sites for hydroxylation is 2. The van der Waals surface area contributed by atoms with Crippen molar-refractivity contribution in [2.75, 3.05) is 11.1 Å². The fourth-order valence-electron chi connectivity index (χ4n) is 2.42. The molecule has 0 fully saturated rings. The van der Waals surface area contributed by atoms with E-state index in [1.807, 2.05) is 54.1 Å². The van der Waals surface area contributed by atoms with Gasteiger partial charge in [-0.05, 0) is 49.2 Å². The lowest BCUT2D eigenvalue weighted by Crippen LogP contribution is -2.14. The molecule has 0 aliphatic carbocycles. The zero-order chi connectivity index (χ0) is 16.9. The van der Waals surface area contributed by atoms with E-state index >= 15 is 0 Å². The highest BCUT2D eigenvalue weighted by Crippen LogP contribution is 2.21. The second-order valence-electron chi connectivity index (χ2n) is 5.63. The van der Waals surface area contributed by atoms with Gasteiger partial charge in [0.25, 0.3) is 0 Å². The first-order chi connectivity index (χ1) is 11.6. The van der Waals surface area contributed by atoms with E-state index < -0.39 is 0 Å². The number of aromatic nitrogens is 2. The summed E-state index contributed by atoms with van der Waals surface area (Å²) in [5.74, 6) is 0.279. The number of hydrogen-bond acceptors (Lipinski definition) is 3. The number of thioether (sulfide) groups is 1. The lowest BCUT2D eigenvalue weighted by atomic mass is 10.2. The largest absolute Gasteiger partial charge is 0.325 e. The van der Waals surface area contributed by atoms with E-state index in [0.717, 1.165) is 22.1 Å². The van der Waals surface area contributed by atoms with Gasteiger partial charge in [0.2, 0.25) is 5.91 Å². The summed E-state index contributed by atoms with van der Waals surface area (Å²) >= 11 is 1.43. The molecule has 0 saturated carbocycles. The summed E-state index contributed by atoms with van der Waals surface area (Å²) in [6.45, 7) is 4.06. The van der Waals surface area contributed by atoms with Gasteiger partial charge in [-0.1, -0.05) is 36.0 Å². The molecule has 0 radical (unpaired) electrons. The number of benzene rings is 2. The maximum absolute atomic E-state index is 12.2. The van der Waals surface area contributed by atoms with E-state index in [0.29, 0.717) is 5.75 Å². The Hall–Kier alpha value is -2.53. The van der Waals surface area contributed by atoms with Crippen LogP contribution in [0.4, 0.5) is 5.69 Å². The molecular formula is C19H19N3OS. The number of nitrogens with one attached hydrogen (secondary N) is 1. The van der Waals surface area contributed by atoms with Crippen molar-refractivity contribution in [2.24, 2.45) is 0 Å². The Balaban J connectivity index is 1.65. The van der Waals surface area contributed by atoms with Gasteiger partial charge in [0.05, 0.1) is 5.75 Å². The molecule has 4 nitrogen and oxygen atoms in total. The number of carbonyl (C=O) groups is 1. The minimum atomic E-state index is -0.0376. The van der Waals surface area contributed by atoms with Crippen molar-refractivity contribution in [2.45, 2.75) is 19.0 Å². The van der Waals surface area contributed by atoms with Crippen LogP contribution in [0.15, 0.2) is 66.1 Å². The standard InChI is InChI=1S/C19H19N3OS/c1-14-5-3-7-16(11-14)21-18(23)13-24-19-20-9-10-22(19)17-8-4-6-15(2)12-17/h3-12H,13H2,1-2H3,(H,21,23). The minimum absolute atomic E-state index is 0.0376. The number of anilines is 1. The molecule has 0 aliphatic heterocycles. The number of rotatable bonds is 5. The summed E-state index contributed by atoms with van der Waals surface area (Å²) in [4.78, 5) is 16.5. The van der Waals surface area contributed by atoms with Crippen LogP contribution in [0.25, 0.3) is 5.69 Å². The Bertz CT molecular complexity index is 857. The van der Waals surface area contributed by atoms with Gasteiger partial charge in [-0.15, -0.1) is 0 Å². The highest BCUT2D eigenvalue weighted by atomic mass is 32.2. The quantitative estimate of drug-likeness (QED) is 0.709. The van der Waals surface area contributed by atoms with E-state index in [-0.39, 0.29) is 5.91 Å². The van der Waals surface area contributed by atoms with Gasteiger partial charge >= 0.3 is 0 Å². The highest BCUT2D eigenvalue weighted by molar-refractivity contribution is 7.99. The highest BCUT2D eigenvalue weighted by Gasteiger charge is 2.09. The van der Waals surface area contributed by atoms with Gasteiger partial charge in [0, 0.05) is 23.8 Å². The van der Waals surface area contributed by atoms with Gasteiger partial charge in [0.1, 0.15) is 0 Å². The fraction of sp³-hybridized carbons (Fsp3) is 0.158. The van der Waals surface area contributed by atoms with Gasteiger partial charge < -0.3 is 5.32 Å². The van der Waals surface area contributed by atoms with Crippen molar-refractivity contribution in [1.82, 2.24) is 9.55 Å². The number of carbonyl (C=O) groups excluding carboxylic acids is 1. The Morgan fingerprint density at radius 2 is 1.88 bits per heavy atom. The average Bonchev–Trinajstić information content (AvgIpc) is 3.01. The van der Waals surface area contributed by atoms with Crippen LogP contribution in [0.2, 0.25) is 0 Å². The van der Waals surface area contributed by atoms with Gasteiger partial charge in [-0.3, -0.25) is 9.36 Å². The molecule has 0 spiro atoms. The summed E-state index contributed by atoms with van der Waals surface area (Å²) in [6.07, 6.45) is 3.67. The third kappa shape index (κ3) is 4.06. The first kappa shape index (κ1) is 16.3. The summed E-state index contributed by atoms with van der Waals surface area (Å²) in [5.41, 5.74) is 4.18. The van der Waals surface area contributed by atoms with E-state index in [2.05, 4.69) is 29.4 Å². The van der Waals surface area contributed by atoms with Crippen LogP contribution in [-0.4, -0.2) is 21.2 Å². The molecule has 3 aromatic rings. The molecule has 0 unspecified atom stereocenters. The normalized spacial score (nSPS) is 10.6. The topological polar surface area (TPSA) is 46.9 Å². The molecule has 0 bridgehead atoms. The predicted molar refractivity (Wildman–Crippen MR) is 98.8 cm³/mol. The van der Waals surface area contributed by atoms with Crippen molar-refractivity contribution >= 4 is 23.4 Å².